The minimum absolute atomic E-state index is 0.131. The molecule has 5 nitrogen and oxygen atoms in total. The summed E-state index contributed by atoms with van der Waals surface area (Å²) in [5.74, 6) is -0.952. The Morgan fingerprint density at radius 2 is 1.93 bits per heavy atom. The van der Waals surface area contributed by atoms with Crippen molar-refractivity contribution in [1.29, 1.82) is 0 Å². The molecule has 3 aromatic rings. The molecule has 0 bridgehead atoms. The van der Waals surface area contributed by atoms with Crippen LogP contribution in [0.15, 0.2) is 42.5 Å². The maximum atomic E-state index is 13.3. The number of ether oxygens (including phenoxy) is 2. The highest BCUT2D eigenvalue weighted by molar-refractivity contribution is 7.21. The number of carbonyl (C=O) groups is 2. The average molecular weight is 408 g/mol. The van der Waals surface area contributed by atoms with Crippen molar-refractivity contribution < 1.29 is 23.5 Å². The zero-order valence-electron chi connectivity index (χ0n) is 14.3. The molecule has 0 aliphatic rings. The van der Waals surface area contributed by atoms with E-state index in [9.17, 15) is 14.0 Å². The standard InChI is InChI=1S/C19H15ClFNO4S/c1-2-25-13-6-4-12(5-7-13)22-16(23)10-26-19(24)18-17(20)14-8-3-11(21)9-15(14)27-18/h3-9H,2,10H2,1H3,(H,22,23). The summed E-state index contributed by atoms with van der Waals surface area (Å²) in [6.45, 7) is 1.96. The van der Waals surface area contributed by atoms with E-state index in [-0.39, 0.29) is 9.90 Å². The van der Waals surface area contributed by atoms with Crippen LogP contribution in [-0.2, 0) is 9.53 Å². The van der Waals surface area contributed by atoms with Gasteiger partial charge in [0.15, 0.2) is 6.61 Å². The number of hydrogen-bond acceptors (Lipinski definition) is 5. The van der Waals surface area contributed by atoms with Gasteiger partial charge in [0.05, 0.1) is 11.6 Å². The smallest absolute Gasteiger partial charge is 0.350 e. The van der Waals surface area contributed by atoms with E-state index in [2.05, 4.69) is 5.32 Å². The average Bonchev–Trinajstić information content (AvgIpc) is 2.97. The second kappa shape index (κ2) is 8.37. The summed E-state index contributed by atoms with van der Waals surface area (Å²) in [6.07, 6.45) is 0. The Morgan fingerprint density at radius 1 is 1.19 bits per heavy atom. The van der Waals surface area contributed by atoms with E-state index in [1.165, 1.54) is 18.2 Å². The number of rotatable bonds is 6. The lowest BCUT2D eigenvalue weighted by atomic mass is 10.2. The third kappa shape index (κ3) is 4.56. The number of esters is 1. The SMILES string of the molecule is CCOc1ccc(NC(=O)COC(=O)c2sc3cc(F)ccc3c2Cl)cc1. The van der Waals surface area contributed by atoms with Crippen molar-refractivity contribution in [2.75, 3.05) is 18.5 Å². The number of halogens is 2. The molecule has 27 heavy (non-hydrogen) atoms. The molecular weight excluding hydrogens is 393 g/mol. The number of carbonyl (C=O) groups excluding carboxylic acids is 2. The van der Waals surface area contributed by atoms with E-state index in [1.54, 1.807) is 24.3 Å². The van der Waals surface area contributed by atoms with Crippen LogP contribution in [0.25, 0.3) is 10.1 Å². The summed E-state index contributed by atoms with van der Waals surface area (Å²) < 4.78 is 24.2. The fraction of sp³-hybridized carbons (Fsp3) is 0.158. The first-order chi connectivity index (χ1) is 13.0. The molecule has 0 radical (unpaired) electrons. The van der Waals surface area contributed by atoms with Crippen LogP contribution in [0, 0.1) is 5.82 Å². The first-order valence-electron chi connectivity index (χ1n) is 8.05. The molecular formula is C19H15ClFNO4S. The van der Waals surface area contributed by atoms with Gasteiger partial charge in [-0.25, -0.2) is 9.18 Å². The van der Waals surface area contributed by atoms with Crippen LogP contribution >= 0.6 is 22.9 Å². The van der Waals surface area contributed by atoms with Gasteiger partial charge in [0, 0.05) is 15.8 Å². The van der Waals surface area contributed by atoms with Gasteiger partial charge < -0.3 is 14.8 Å². The number of hydrogen-bond donors (Lipinski definition) is 1. The molecule has 0 spiro atoms. The predicted molar refractivity (Wildman–Crippen MR) is 103 cm³/mol. The van der Waals surface area contributed by atoms with Crippen molar-refractivity contribution in [2.45, 2.75) is 6.92 Å². The highest BCUT2D eigenvalue weighted by Gasteiger charge is 2.19. The Bertz CT molecular complexity index is 987. The third-order valence-corrected chi connectivity index (χ3v) is 5.20. The molecule has 0 fully saturated rings. The van der Waals surface area contributed by atoms with E-state index in [1.807, 2.05) is 6.92 Å². The lowest BCUT2D eigenvalue weighted by Gasteiger charge is -2.07. The second-order valence-electron chi connectivity index (χ2n) is 5.47. The molecule has 0 atom stereocenters. The molecule has 0 saturated heterocycles. The van der Waals surface area contributed by atoms with E-state index in [4.69, 9.17) is 21.1 Å². The molecule has 1 heterocycles. The molecule has 0 saturated carbocycles. The van der Waals surface area contributed by atoms with Crippen LogP contribution in [0.2, 0.25) is 5.02 Å². The molecule has 2 aromatic carbocycles. The summed E-state index contributed by atoms with van der Waals surface area (Å²) in [5.41, 5.74) is 0.551. The van der Waals surface area contributed by atoms with Crippen molar-refractivity contribution >= 4 is 50.6 Å². The molecule has 1 N–H and O–H groups in total. The Balaban J connectivity index is 1.60. The van der Waals surface area contributed by atoms with Crippen molar-refractivity contribution in [3.63, 3.8) is 0 Å². The molecule has 8 heteroatoms. The van der Waals surface area contributed by atoms with Crippen LogP contribution in [0.4, 0.5) is 10.1 Å². The quantitative estimate of drug-likeness (QED) is 0.591. The van der Waals surface area contributed by atoms with Gasteiger partial charge in [-0.1, -0.05) is 11.6 Å². The lowest BCUT2D eigenvalue weighted by molar-refractivity contribution is -0.119. The van der Waals surface area contributed by atoms with Gasteiger partial charge in [0.1, 0.15) is 16.4 Å². The summed E-state index contributed by atoms with van der Waals surface area (Å²) in [6, 6.07) is 10.9. The Hall–Kier alpha value is -2.64. The third-order valence-electron chi connectivity index (χ3n) is 3.56. The highest BCUT2D eigenvalue weighted by atomic mass is 35.5. The molecule has 0 aliphatic heterocycles. The number of thiophene rings is 1. The maximum Gasteiger partial charge on any atom is 0.350 e. The topological polar surface area (TPSA) is 64.6 Å². The summed E-state index contributed by atoms with van der Waals surface area (Å²) in [7, 11) is 0. The molecule has 3 rings (SSSR count). The number of amides is 1. The zero-order valence-corrected chi connectivity index (χ0v) is 15.8. The van der Waals surface area contributed by atoms with E-state index in [0.717, 1.165) is 11.3 Å². The van der Waals surface area contributed by atoms with Crippen LogP contribution < -0.4 is 10.1 Å². The fourth-order valence-electron chi connectivity index (χ4n) is 2.37. The number of fused-ring (bicyclic) bond motifs is 1. The predicted octanol–water partition coefficient (Wildman–Crippen LogP) is 4.89. The van der Waals surface area contributed by atoms with E-state index >= 15 is 0 Å². The monoisotopic (exact) mass is 407 g/mol. The minimum atomic E-state index is -0.733. The normalized spacial score (nSPS) is 10.6. The van der Waals surface area contributed by atoms with Gasteiger partial charge in [-0.2, -0.15) is 0 Å². The minimum Gasteiger partial charge on any atom is -0.494 e. The van der Waals surface area contributed by atoms with Gasteiger partial charge in [-0.15, -0.1) is 11.3 Å². The molecule has 1 aromatic heterocycles. The second-order valence-corrected chi connectivity index (χ2v) is 6.90. The van der Waals surface area contributed by atoms with Gasteiger partial charge in [0.25, 0.3) is 5.91 Å². The van der Waals surface area contributed by atoms with Crippen LogP contribution in [0.5, 0.6) is 5.75 Å². The van der Waals surface area contributed by atoms with Gasteiger partial charge in [-0.05, 0) is 49.4 Å². The molecule has 1 amide bonds. The summed E-state index contributed by atoms with van der Waals surface area (Å²) in [4.78, 5) is 24.3. The maximum absolute atomic E-state index is 13.3. The van der Waals surface area contributed by atoms with Crippen molar-refractivity contribution in [3.8, 4) is 5.75 Å². The molecule has 0 aliphatic carbocycles. The van der Waals surface area contributed by atoms with Crippen molar-refractivity contribution in [2.24, 2.45) is 0 Å². The number of nitrogens with one attached hydrogen (secondary N) is 1. The molecule has 140 valence electrons. The zero-order chi connectivity index (χ0) is 19.4. The van der Waals surface area contributed by atoms with Crippen molar-refractivity contribution in [3.05, 3.63) is 58.2 Å². The van der Waals surface area contributed by atoms with E-state index in [0.29, 0.717) is 28.1 Å². The summed E-state index contributed by atoms with van der Waals surface area (Å²) >= 11 is 7.18. The first-order valence-corrected chi connectivity index (χ1v) is 9.24. The summed E-state index contributed by atoms with van der Waals surface area (Å²) in [5, 5.41) is 3.37. The lowest BCUT2D eigenvalue weighted by Crippen LogP contribution is -2.20. The Morgan fingerprint density at radius 3 is 2.63 bits per heavy atom. The fourth-order valence-corrected chi connectivity index (χ4v) is 3.79. The van der Waals surface area contributed by atoms with Gasteiger partial charge in [-0.3, -0.25) is 4.79 Å². The Kier molecular flexibility index (Phi) is 5.93. The Labute approximate surface area is 163 Å². The van der Waals surface area contributed by atoms with Crippen molar-refractivity contribution in [1.82, 2.24) is 0 Å². The van der Waals surface area contributed by atoms with Gasteiger partial charge in [0.2, 0.25) is 0 Å². The first kappa shape index (κ1) is 19.1. The van der Waals surface area contributed by atoms with Gasteiger partial charge >= 0.3 is 5.97 Å². The van der Waals surface area contributed by atoms with Crippen LogP contribution in [0.1, 0.15) is 16.6 Å². The molecule has 0 unspecified atom stereocenters. The highest BCUT2D eigenvalue weighted by Crippen LogP contribution is 2.36. The van der Waals surface area contributed by atoms with Crippen LogP contribution in [0.3, 0.4) is 0 Å². The van der Waals surface area contributed by atoms with E-state index < -0.39 is 24.3 Å². The van der Waals surface area contributed by atoms with Crippen LogP contribution in [-0.4, -0.2) is 25.1 Å². The largest absolute Gasteiger partial charge is 0.494 e. The number of benzene rings is 2. The number of anilines is 1.